The average molecular weight is 475 g/mol. The summed E-state index contributed by atoms with van der Waals surface area (Å²) in [6.07, 6.45) is 7.55. The van der Waals surface area contributed by atoms with Gasteiger partial charge in [-0.25, -0.2) is 0 Å². The Kier molecular flexibility index (Phi) is 3.98. The molecule has 0 saturated heterocycles. The van der Waals surface area contributed by atoms with Crippen molar-refractivity contribution in [3.8, 4) is 11.5 Å². The van der Waals surface area contributed by atoms with Crippen LogP contribution in [-0.2, 0) is 5.41 Å². The van der Waals surface area contributed by atoms with Crippen molar-refractivity contribution in [1.82, 2.24) is 14.6 Å². The fourth-order valence-electron chi connectivity index (χ4n) is 4.65. The van der Waals surface area contributed by atoms with E-state index in [1.165, 1.54) is 3.57 Å². The topological polar surface area (TPSA) is 59.7 Å². The minimum Gasteiger partial charge on any atom is -0.453 e. The number of halogens is 1. The normalized spacial score (nSPS) is 27.2. The van der Waals surface area contributed by atoms with Gasteiger partial charge in [0, 0.05) is 20.7 Å². The summed E-state index contributed by atoms with van der Waals surface area (Å²) in [6.45, 7) is 2.07. The Morgan fingerprint density at radius 2 is 1.70 bits per heavy atom. The van der Waals surface area contributed by atoms with Gasteiger partial charge in [0.05, 0.1) is 5.60 Å². The predicted octanol–water partition coefficient (Wildman–Crippen LogP) is 4.77. The number of ether oxygens (including phenoxy) is 1. The molecule has 0 radical (unpaired) electrons. The smallest absolute Gasteiger partial charge is 0.203 e. The highest BCUT2D eigenvalue weighted by Crippen LogP contribution is 2.53. The van der Waals surface area contributed by atoms with Crippen LogP contribution in [-0.4, -0.2) is 25.3 Å². The largest absolute Gasteiger partial charge is 0.453 e. The molecule has 0 amide bonds. The monoisotopic (exact) mass is 475 g/mol. The number of benzene rings is 1. The molecule has 3 fully saturated rings. The molecule has 3 saturated carbocycles. The summed E-state index contributed by atoms with van der Waals surface area (Å²) in [7, 11) is 0. The van der Waals surface area contributed by atoms with Crippen molar-refractivity contribution in [2.24, 2.45) is 0 Å². The first kappa shape index (κ1) is 17.4. The van der Waals surface area contributed by atoms with Crippen LogP contribution in [0.5, 0.6) is 11.5 Å². The van der Waals surface area contributed by atoms with E-state index in [1.807, 2.05) is 30.5 Å². The number of hydrogen-bond acceptors (Lipinski definition) is 4. The maximum Gasteiger partial charge on any atom is 0.203 e. The zero-order chi connectivity index (χ0) is 18.6. The van der Waals surface area contributed by atoms with E-state index in [2.05, 4.69) is 50.2 Å². The summed E-state index contributed by atoms with van der Waals surface area (Å²) < 4.78 is 9.50. The van der Waals surface area contributed by atoms with Gasteiger partial charge in [-0.05, 0) is 92.3 Å². The third-order valence-corrected chi connectivity index (χ3v) is 7.69. The van der Waals surface area contributed by atoms with Gasteiger partial charge in [0.25, 0.3) is 0 Å². The third kappa shape index (κ3) is 2.76. The molecule has 2 heterocycles. The standard InChI is InChI=1S/C21H22IN3O2/c1-14-15(22)4-2-5-16(14)27-17-6-3-13-25-18(17)23-24-19(25)20-7-10-21(26,11-8-20)12-9-20/h2-6,13,26H,7-12H2,1H3. The Bertz CT molecular complexity index is 1000. The van der Waals surface area contributed by atoms with Gasteiger partial charge in [0.2, 0.25) is 5.65 Å². The van der Waals surface area contributed by atoms with Crippen molar-refractivity contribution in [2.75, 3.05) is 0 Å². The van der Waals surface area contributed by atoms with Crippen LogP contribution in [0.4, 0.5) is 0 Å². The SMILES string of the molecule is Cc1c(I)cccc1Oc1cccn2c(C34CCC(O)(CC3)CC4)nnc12. The van der Waals surface area contributed by atoms with E-state index in [-0.39, 0.29) is 5.41 Å². The minimum absolute atomic E-state index is 0.0283. The molecular formula is C21H22IN3O2. The van der Waals surface area contributed by atoms with Crippen LogP contribution in [0.25, 0.3) is 5.65 Å². The van der Waals surface area contributed by atoms with E-state index in [1.54, 1.807) is 0 Å². The third-order valence-electron chi connectivity index (χ3n) is 6.52. The van der Waals surface area contributed by atoms with Gasteiger partial charge in [-0.15, -0.1) is 10.2 Å². The van der Waals surface area contributed by atoms with Crippen LogP contribution in [0.15, 0.2) is 36.5 Å². The van der Waals surface area contributed by atoms with Gasteiger partial charge in [0.1, 0.15) is 11.6 Å². The Morgan fingerprint density at radius 3 is 2.44 bits per heavy atom. The van der Waals surface area contributed by atoms with Crippen molar-refractivity contribution < 1.29 is 9.84 Å². The van der Waals surface area contributed by atoms with Crippen LogP contribution in [0.2, 0.25) is 0 Å². The lowest BCUT2D eigenvalue weighted by Crippen LogP contribution is -2.48. The van der Waals surface area contributed by atoms with Gasteiger partial charge in [-0.1, -0.05) is 6.07 Å². The zero-order valence-electron chi connectivity index (χ0n) is 15.3. The molecule has 2 bridgehead atoms. The Balaban J connectivity index is 1.55. The number of nitrogens with zero attached hydrogens (tertiary/aromatic N) is 3. The van der Waals surface area contributed by atoms with Gasteiger partial charge in [0.15, 0.2) is 5.75 Å². The highest BCUT2D eigenvalue weighted by Gasteiger charge is 2.50. The first-order valence-electron chi connectivity index (χ1n) is 9.49. The summed E-state index contributed by atoms with van der Waals surface area (Å²) >= 11 is 2.32. The molecule has 2 aromatic heterocycles. The average Bonchev–Trinajstić information content (AvgIpc) is 3.12. The van der Waals surface area contributed by atoms with Gasteiger partial charge >= 0.3 is 0 Å². The number of hydrogen-bond donors (Lipinski definition) is 1. The van der Waals surface area contributed by atoms with Crippen LogP contribution < -0.4 is 4.74 Å². The minimum atomic E-state index is -0.446. The van der Waals surface area contributed by atoms with E-state index in [4.69, 9.17) is 4.74 Å². The summed E-state index contributed by atoms with van der Waals surface area (Å²) in [5, 5.41) is 19.6. The Morgan fingerprint density at radius 1 is 1.00 bits per heavy atom. The second-order valence-electron chi connectivity index (χ2n) is 8.06. The molecule has 3 aliphatic carbocycles. The number of pyridine rings is 1. The summed E-state index contributed by atoms with van der Waals surface area (Å²) in [6, 6.07) is 10.0. The number of fused-ring (bicyclic) bond motifs is 4. The first-order valence-corrected chi connectivity index (χ1v) is 10.6. The molecule has 3 aliphatic rings. The maximum atomic E-state index is 10.5. The lowest BCUT2D eigenvalue weighted by Gasteiger charge is -2.49. The van der Waals surface area contributed by atoms with Crippen LogP contribution in [0.1, 0.15) is 49.9 Å². The fraction of sp³-hybridized carbons (Fsp3) is 0.429. The van der Waals surface area contributed by atoms with E-state index in [9.17, 15) is 5.11 Å². The molecule has 27 heavy (non-hydrogen) atoms. The summed E-state index contributed by atoms with van der Waals surface area (Å²) in [5.41, 5.74) is 1.46. The molecule has 5 nitrogen and oxygen atoms in total. The Hall–Kier alpha value is -1.67. The summed E-state index contributed by atoms with van der Waals surface area (Å²) in [4.78, 5) is 0. The molecule has 6 rings (SSSR count). The molecule has 0 atom stereocenters. The van der Waals surface area contributed by atoms with Gasteiger partial charge in [-0.2, -0.15) is 0 Å². The van der Waals surface area contributed by atoms with Gasteiger partial charge < -0.3 is 9.84 Å². The Labute approximate surface area is 171 Å². The lowest BCUT2D eigenvalue weighted by atomic mass is 9.58. The number of aliphatic hydroxyl groups is 1. The second-order valence-corrected chi connectivity index (χ2v) is 9.22. The quantitative estimate of drug-likeness (QED) is 0.555. The predicted molar refractivity (Wildman–Crippen MR) is 111 cm³/mol. The maximum absolute atomic E-state index is 10.5. The van der Waals surface area contributed by atoms with E-state index in [0.717, 1.165) is 67.1 Å². The molecule has 140 valence electrons. The molecule has 0 unspecified atom stereocenters. The van der Waals surface area contributed by atoms with Gasteiger partial charge in [-0.3, -0.25) is 4.40 Å². The van der Waals surface area contributed by atoms with Crippen LogP contribution in [0.3, 0.4) is 0 Å². The molecule has 1 aromatic carbocycles. The fourth-order valence-corrected chi connectivity index (χ4v) is 5.12. The zero-order valence-corrected chi connectivity index (χ0v) is 17.4. The van der Waals surface area contributed by atoms with Crippen molar-refractivity contribution in [3.63, 3.8) is 0 Å². The lowest BCUT2D eigenvalue weighted by molar-refractivity contribution is -0.0682. The highest BCUT2D eigenvalue weighted by atomic mass is 127. The second kappa shape index (κ2) is 6.17. The van der Waals surface area contributed by atoms with Crippen LogP contribution in [0, 0.1) is 10.5 Å². The molecule has 6 heteroatoms. The van der Waals surface area contributed by atoms with Crippen molar-refractivity contribution in [2.45, 2.75) is 56.5 Å². The van der Waals surface area contributed by atoms with E-state index < -0.39 is 5.60 Å². The molecule has 1 N–H and O–H groups in total. The molecule has 0 spiro atoms. The van der Waals surface area contributed by atoms with E-state index >= 15 is 0 Å². The van der Waals surface area contributed by atoms with Crippen molar-refractivity contribution in [3.05, 3.63) is 51.5 Å². The van der Waals surface area contributed by atoms with E-state index in [0.29, 0.717) is 0 Å². The number of rotatable bonds is 3. The molecular weight excluding hydrogens is 453 g/mol. The summed E-state index contributed by atoms with van der Waals surface area (Å²) in [5.74, 6) is 2.59. The van der Waals surface area contributed by atoms with Crippen molar-refractivity contribution >= 4 is 28.2 Å². The molecule has 0 aliphatic heterocycles. The number of aromatic nitrogens is 3. The first-order chi connectivity index (χ1) is 13.0. The van der Waals surface area contributed by atoms with Crippen molar-refractivity contribution in [1.29, 1.82) is 0 Å². The van der Waals surface area contributed by atoms with Crippen LogP contribution >= 0.6 is 22.6 Å². The molecule has 3 aromatic rings. The highest BCUT2D eigenvalue weighted by molar-refractivity contribution is 14.1.